The fraction of sp³-hybridized carbons (Fsp3) is 0.458. The van der Waals surface area contributed by atoms with E-state index < -0.39 is 5.41 Å². The Hall–Kier alpha value is -2.76. The first-order valence-corrected chi connectivity index (χ1v) is 13.0. The van der Waals surface area contributed by atoms with Crippen molar-refractivity contribution < 1.29 is 9.59 Å². The normalized spacial score (nSPS) is 21.9. The van der Waals surface area contributed by atoms with E-state index in [1.165, 1.54) is 0 Å². The summed E-state index contributed by atoms with van der Waals surface area (Å²) in [6, 6.07) is 5.44. The standard InChI is InChI=1S/C24H28BrClN8O2/c1-24(22(36)27-2)5-4-15(9-24)30-23-29-12-18-19(25)32-34(20(18)31-23)16-7-13(6-14(26)8-16)21(35)33(3)17-10-28-11-17/h6-8,12,15,17,28H,4-5,9-11H2,1-3H3,(H,27,36)(H,29,30,31)/t15-,24-/m1/s1. The molecule has 3 aromatic rings. The molecule has 12 heteroatoms. The van der Waals surface area contributed by atoms with Crippen molar-refractivity contribution >= 4 is 56.3 Å². The van der Waals surface area contributed by atoms with Crippen LogP contribution in [0.3, 0.4) is 0 Å². The first kappa shape index (κ1) is 24.9. The van der Waals surface area contributed by atoms with Crippen LogP contribution in [-0.4, -0.2) is 75.7 Å². The molecule has 10 nitrogen and oxygen atoms in total. The molecule has 36 heavy (non-hydrogen) atoms. The molecule has 1 aliphatic carbocycles. The molecule has 2 aliphatic rings. The summed E-state index contributed by atoms with van der Waals surface area (Å²) in [5, 5.41) is 15.1. The second-order valence-corrected chi connectivity index (χ2v) is 11.0. The zero-order valence-electron chi connectivity index (χ0n) is 20.3. The number of halogens is 2. The minimum atomic E-state index is -0.409. The number of fused-ring (bicyclic) bond motifs is 1. The summed E-state index contributed by atoms with van der Waals surface area (Å²) in [5.41, 5.74) is 1.27. The lowest BCUT2D eigenvalue weighted by atomic mass is 9.87. The Balaban J connectivity index is 1.44. The Labute approximate surface area is 222 Å². The number of likely N-dealkylation sites (N-methyl/N-ethyl adjacent to an activating group) is 1. The molecule has 1 aromatic carbocycles. The number of carbonyl (C=O) groups excluding carboxylic acids is 2. The van der Waals surface area contributed by atoms with Crippen molar-refractivity contribution in [3.8, 4) is 5.69 Å². The van der Waals surface area contributed by atoms with Gasteiger partial charge in [0.05, 0.1) is 17.1 Å². The van der Waals surface area contributed by atoms with Gasteiger partial charge in [0.1, 0.15) is 4.60 Å². The molecular weight excluding hydrogens is 548 g/mol. The molecule has 1 aliphatic heterocycles. The van der Waals surface area contributed by atoms with E-state index in [-0.39, 0.29) is 23.9 Å². The number of nitrogens with zero attached hydrogens (tertiary/aromatic N) is 5. The highest BCUT2D eigenvalue weighted by atomic mass is 79.9. The van der Waals surface area contributed by atoms with Gasteiger partial charge >= 0.3 is 0 Å². The third-order valence-electron chi connectivity index (χ3n) is 7.23. The molecule has 1 saturated heterocycles. The summed E-state index contributed by atoms with van der Waals surface area (Å²) in [6.07, 6.45) is 4.04. The Bertz CT molecular complexity index is 1340. The van der Waals surface area contributed by atoms with Crippen LogP contribution in [0.25, 0.3) is 16.7 Å². The lowest BCUT2D eigenvalue weighted by Crippen LogP contribution is -2.57. The number of nitrogens with one attached hydrogen (secondary N) is 3. The van der Waals surface area contributed by atoms with Crippen molar-refractivity contribution in [2.45, 2.75) is 38.3 Å². The van der Waals surface area contributed by atoms with Crippen LogP contribution in [0.5, 0.6) is 0 Å². The number of rotatable bonds is 6. The third-order valence-corrected chi connectivity index (χ3v) is 8.04. The van der Waals surface area contributed by atoms with Gasteiger partial charge in [0.25, 0.3) is 5.91 Å². The van der Waals surface area contributed by atoms with Crippen LogP contribution in [0.15, 0.2) is 29.0 Å². The average molecular weight is 576 g/mol. The molecule has 1 saturated carbocycles. The summed E-state index contributed by atoms with van der Waals surface area (Å²) in [4.78, 5) is 36.3. The molecule has 3 heterocycles. The lowest BCUT2D eigenvalue weighted by molar-refractivity contribution is -0.129. The Morgan fingerprint density at radius 1 is 1.31 bits per heavy atom. The average Bonchev–Trinajstić information content (AvgIpc) is 3.36. The lowest BCUT2D eigenvalue weighted by Gasteiger charge is -2.35. The second-order valence-electron chi connectivity index (χ2n) is 9.78. The van der Waals surface area contributed by atoms with Crippen LogP contribution in [0, 0.1) is 5.41 Å². The number of hydrogen-bond acceptors (Lipinski definition) is 7. The minimum Gasteiger partial charge on any atom is -0.359 e. The number of aromatic nitrogens is 4. The molecule has 2 amide bonds. The number of anilines is 1. The van der Waals surface area contributed by atoms with Crippen molar-refractivity contribution in [1.82, 2.24) is 35.3 Å². The van der Waals surface area contributed by atoms with E-state index >= 15 is 0 Å². The minimum absolute atomic E-state index is 0.0516. The zero-order chi connectivity index (χ0) is 25.6. The maximum Gasteiger partial charge on any atom is 0.254 e. The van der Waals surface area contributed by atoms with Gasteiger partial charge in [0.2, 0.25) is 11.9 Å². The Morgan fingerprint density at radius 3 is 2.78 bits per heavy atom. The van der Waals surface area contributed by atoms with Gasteiger partial charge in [-0.15, -0.1) is 0 Å². The molecule has 3 N–H and O–H groups in total. The highest BCUT2D eigenvalue weighted by molar-refractivity contribution is 9.10. The Morgan fingerprint density at radius 2 is 2.08 bits per heavy atom. The molecule has 0 spiro atoms. The summed E-state index contributed by atoms with van der Waals surface area (Å²) in [7, 11) is 3.47. The van der Waals surface area contributed by atoms with E-state index in [9.17, 15) is 9.59 Å². The van der Waals surface area contributed by atoms with Crippen LogP contribution in [0.2, 0.25) is 5.02 Å². The largest absolute Gasteiger partial charge is 0.359 e. The van der Waals surface area contributed by atoms with Crippen molar-refractivity contribution in [2.24, 2.45) is 5.41 Å². The van der Waals surface area contributed by atoms with Crippen molar-refractivity contribution in [1.29, 1.82) is 0 Å². The van der Waals surface area contributed by atoms with Gasteiger partial charge in [0, 0.05) is 55.4 Å². The van der Waals surface area contributed by atoms with Crippen molar-refractivity contribution in [2.75, 3.05) is 32.5 Å². The Kier molecular flexibility index (Phi) is 6.65. The highest BCUT2D eigenvalue weighted by Gasteiger charge is 2.41. The maximum atomic E-state index is 13.1. The quantitative estimate of drug-likeness (QED) is 0.414. The van der Waals surface area contributed by atoms with Crippen LogP contribution in [0.4, 0.5) is 5.95 Å². The molecule has 0 unspecified atom stereocenters. The van der Waals surface area contributed by atoms with E-state index in [2.05, 4.69) is 42.0 Å². The summed E-state index contributed by atoms with van der Waals surface area (Å²) in [6.45, 7) is 3.55. The molecule has 2 aromatic heterocycles. The summed E-state index contributed by atoms with van der Waals surface area (Å²) >= 11 is 9.93. The van der Waals surface area contributed by atoms with Crippen LogP contribution in [0.1, 0.15) is 36.5 Å². The van der Waals surface area contributed by atoms with E-state index in [4.69, 9.17) is 16.6 Å². The molecule has 2 atom stereocenters. The fourth-order valence-corrected chi connectivity index (χ4v) is 5.58. The van der Waals surface area contributed by atoms with Gasteiger partial charge < -0.3 is 20.9 Å². The molecule has 0 bridgehead atoms. The third kappa shape index (κ3) is 4.55. The van der Waals surface area contributed by atoms with Crippen LogP contribution < -0.4 is 16.0 Å². The number of carbonyl (C=O) groups is 2. The van der Waals surface area contributed by atoms with Crippen LogP contribution >= 0.6 is 27.5 Å². The SMILES string of the molecule is CNC(=O)[C@]1(C)CC[C@@H](Nc2ncc3c(Br)nn(-c4cc(Cl)cc(C(=O)N(C)C5CNC5)c4)c3n2)C1. The van der Waals surface area contributed by atoms with Gasteiger partial charge in [-0.1, -0.05) is 18.5 Å². The maximum absolute atomic E-state index is 13.1. The van der Waals surface area contributed by atoms with E-state index in [1.807, 2.05) is 6.92 Å². The smallest absolute Gasteiger partial charge is 0.254 e. The van der Waals surface area contributed by atoms with E-state index in [0.717, 1.165) is 31.3 Å². The molecule has 2 fully saturated rings. The van der Waals surface area contributed by atoms with Crippen molar-refractivity contribution in [3.05, 3.63) is 39.6 Å². The van der Waals surface area contributed by atoms with Gasteiger partial charge in [-0.05, 0) is 53.4 Å². The topological polar surface area (TPSA) is 117 Å². The number of amides is 2. The molecule has 0 radical (unpaired) electrons. The van der Waals surface area contributed by atoms with Crippen LogP contribution in [-0.2, 0) is 4.79 Å². The van der Waals surface area contributed by atoms with Gasteiger partial charge in [0.15, 0.2) is 5.65 Å². The van der Waals surface area contributed by atoms with Crippen molar-refractivity contribution in [3.63, 3.8) is 0 Å². The molecule has 190 valence electrons. The zero-order valence-corrected chi connectivity index (χ0v) is 22.7. The predicted molar refractivity (Wildman–Crippen MR) is 142 cm³/mol. The fourth-order valence-electron chi connectivity index (χ4n) is 4.91. The monoisotopic (exact) mass is 574 g/mol. The predicted octanol–water partition coefficient (Wildman–Crippen LogP) is 2.99. The first-order chi connectivity index (χ1) is 17.2. The number of hydrogen-bond donors (Lipinski definition) is 3. The van der Waals surface area contributed by atoms with E-state index in [0.29, 0.717) is 38.9 Å². The van der Waals surface area contributed by atoms with E-state index in [1.54, 1.807) is 48.1 Å². The highest BCUT2D eigenvalue weighted by Crippen LogP contribution is 2.39. The molecule has 5 rings (SSSR count). The molecular formula is C24H28BrClN8O2. The second kappa shape index (κ2) is 9.60. The summed E-state index contributed by atoms with van der Waals surface area (Å²) in [5.74, 6) is 0.409. The van der Waals surface area contributed by atoms with Gasteiger partial charge in [-0.25, -0.2) is 9.67 Å². The summed E-state index contributed by atoms with van der Waals surface area (Å²) < 4.78 is 2.24. The van der Waals surface area contributed by atoms with Gasteiger partial charge in [-0.3, -0.25) is 9.59 Å². The van der Waals surface area contributed by atoms with Gasteiger partial charge in [-0.2, -0.15) is 10.1 Å². The first-order valence-electron chi connectivity index (χ1n) is 11.9. The number of benzene rings is 1.